The molecule has 1 aromatic heterocycles. The van der Waals surface area contributed by atoms with E-state index in [0.717, 1.165) is 35.4 Å². The number of non-ortho nitro benzene ring substituents is 1. The number of benzene rings is 2. The van der Waals surface area contributed by atoms with Crippen molar-refractivity contribution < 1.29 is 9.72 Å². The van der Waals surface area contributed by atoms with Crippen molar-refractivity contribution in [3.05, 3.63) is 69.3 Å². The Bertz CT molecular complexity index is 1160. The molecule has 0 saturated carbocycles. The molecule has 0 N–H and O–H groups in total. The standard InChI is InChI=1S/C24H28N4O3S.ClH/c1-5-26(6-2)14-15-27(24-25-23-18(4)17(3)10-12-21(23)32-24)22(29)13-11-19-8-7-9-20(16-19)28(30)31;/h7-13,16H,5-6,14-15H2,1-4H3;1H. The number of carbonyl (C=O) groups is 1. The molecule has 0 aliphatic carbocycles. The second-order valence-corrected chi connectivity index (χ2v) is 8.56. The van der Waals surface area contributed by atoms with Crippen molar-refractivity contribution in [3.63, 3.8) is 0 Å². The number of nitrogens with zero attached hydrogens (tertiary/aromatic N) is 4. The Hall–Kier alpha value is -2.81. The Morgan fingerprint density at radius 2 is 1.88 bits per heavy atom. The van der Waals surface area contributed by atoms with Gasteiger partial charge in [0.15, 0.2) is 5.13 Å². The molecular formula is C24H29ClN4O3S. The minimum absolute atomic E-state index is 0. The van der Waals surface area contributed by atoms with Crippen molar-refractivity contribution in [2.45, 2.75) is 27.7 Å². The summed E-state index contributed by atoms with van der Waals surface area (Å²) in [5, 5.41) is 11.7. The van der Waals surface area contributed by atoms with Gasteiger partial charge in [0.25, 0.3) is 11.6 Å². The third kappa shape index (κ3) is 6.37. The zero-order chi connectivity index (χ0) is 23.3. The van der Waals surface area contributed by atoms with Crippen LogP contribution in [0, 0.1) is 24.0 Å². The number of anilines is 1. The van der Waals surface area contributed by atoms with E-state index >= 15 is 0 Å². The molecule has 7 nitrogen and oxygen atoms in total. The van der Waals surface area contributed by atoms with Crippen molar-refractivity contribution in [2.24, 2.45) is 0 Å². The minimum atomic E-state index is -0.443. The van der Waals surface area contributed by atoms with Crippen LogP contribution in [0.15, 0.2) is 42.5 Å². The average molecular weight is 489 g/mol. The zero-order valence-corrected chi connectivity index (χ0v) is 20.9. The van der Waals surface area contributed by atoms with Gasteiger partial charge in [-0.3, -0.25) is 19.8 Å². The highest BCUT2D eigenvalue weighted by Gasteiger charge is 2.19. The molecule has 9 heteroatoms. The van der Waals surface area contributed by atoms with Crippen molar-refractivity contribution in [3.8, 4) is 0 Å². The number of nitro groups is 1. The van der Waals surface area contributed by atoms with E-state index in [1.807, 2.05) is 13.0 Å². The van der Waals surface area contributed by atoms with E-state index in [0.29, 0.717) is 17.2 Å². The van der Waals surface area contributed by atoms with Gasteiger partial charge in [0.05, 0.1) is 15.1 Å². The highest BCUT2D eigenvalue weighted by Crippen LogP contribution is 2.32. The summed E-state index contributed by atoms with van der Waals surface area (Å²) in [7, 11) is 0. The number of aryl methyl sites for hydroxylation is 2. The third-order valence-corrected chi connectivity index (χ3v) is 6.65. The number of hydrogen-bond acceptors (Lipinski definition) is 6. The van der Waals surface area contributed by atoms with Crippen LogP contribution in [0.4, 0.5) is 10.8 Å². The number of rotatable bonds is 9. The molecule has 0 atom stereocenters. The lowest BCUT2D eigenvalue weighted by atomic mass is 10.1. The van der Waals surface area contributed by atoms with Crippen LogP contribution < -0.4 is 4.90 Å². The van der Waals surface area contributed by atoms with Gasteiger partial charge in [-0.2, -0.15) is 0 Å². The van der Waals surface area contributed by atoms with E-state index in [-0.39, 0.29) is 24.0 Å². The van der Waals surface area contributed by atoms with Crippen LogP contribution in [-0.4, -0.2) is 46.9 Å². The van der Waals surface area contributed by atoms with Crippen LogP contribution in [0.1, 0.15) is 30.5 Å². The average Bonchev–Trinajstić information content (AvgIpc) is 3.22. The van der Waals surface area contributed by atoms with Gasteiger partial charge in [-0.1, -0.05) is 43.4 Å². The fraction of sp³-hybridized carbons (Fsp3) is 0.333. The molecule has 0 spiro atoms. The third-order valence-electron chi connectivity index (χ3n) is 5.60. The number of hydrogen-bond donors (Lipinski definition) is 0. The molecule has 0 unspecified atom stereocenters. The number of fused-ring (bicyclic) bond motifs is 1. The Morgan fingerprint density at radius 3 is 2.55 bits per heavy atom. The second kappa shape index (κ2) is 11.9. The molecule has 0 aliphatic heterocycles. The van der Waals surface area contributed by atoms with Crippen LogP contribution in [0.25, 0.3) is 16.3 Å². The lowest BCUT2D eigenvalue weighted by Gasteiger charge is -2.23. The number of likely N-dealkylation sites (N-methyl/N-ethyl adjacent to an activating group) is 1. The SMILES string of the molecule is CCN(CC)CCN(C(=O)C=Cc1cccc([N+](=O)[O-])c1)c1nc2c(C)c(C)ccc2s1.Cl. The molecule has 1 amide bonds. The van der Waals surface area contributed by atoms with Gasteiger partial charge in [-0.25, -0.2) is 4.98 Å². The molecule has 176 valence electrons. The molecular weight excluding hydrogens is 460 g/mol. The molecule has 0 aliphatic rings. The largest absolute Gasteiger partial charge is 0.302 e. The summed E-state index contributed by atoms with van der Waals surface area (Å²) in [4.78, 5) is 32.5. The van der Waals surface area contributed by atoms with Gasteiger partial charge >= 0.3 is 0 Å². The molecule has 1 heterocycles. The fourth-order valence-electron chi connectivity index (χ4n) is 3.41. The van der Waals surface area contributed by atoms with Gasteiger partial charge in [-0.05, 0) is 55.8 Å². The number of carbonyl (C=O) groups excluding carboxylic acids is 1. The van der Waals surface area contributed by atoms with Crippen LogP contribution in [-0.2, 0) is 4.79 Å². The van der Waals surface area contributed by atoms with Gasteiger partial charge < -0.3 is 4.90 Å². The maximum absolute atomic E-state index is 13.2. The van der Waals surface area contributed by atoms with Crippen molar-refractivity contribution >= 4 is 56.8 Å². The maximum Gasteiger partial charge on any atom is 0.270 e. The summed E-state index contributed by atoms with van der Waals surface area (Å²) in [5.41, 5.74) is 3.81. The quantitative estimate of drug-likeness (QED) is 0.221. The Kier molecular flexibility index (Phi) is 9.52. The molecule has 0 radical (unpaired) electrons. The predicted octanol–water partition coefficient (Wildman–Crippen LogP) is 5.63. The monoisotopic (exact) mass is 488 g/mol. The molecule has 0 saturated heterocycles. The summed E-state index contributed by atoms with van der Waals surface area (Å²) in [5.74, 6) is -0.197. The van der Waals surface area contributed by atoms with E-state index in [2.05, 4.69) is 31.7 Å². The van der Waals surface area contributed by atoms with E-state index in [9.17, 15) is 14.9 Å². The lowest BCUT2D eigenvalue weighted by molar-refractivity contribution is -0.384. The summed E-state index contributed by atoms with van der Waals surface area (Å²) in [6, 6.07) is 10.4. The smallest absolute Gasteiger partial charge is 0.270 e. The van der Waals surface area contributed by atoms with Gasteiger partial charge in [0.2, 0.25) is 0 Å². The summed E-state index contributed by atoms with van der Waals surface area (Å²) in [6.07, 6.45) is 3.08. The van der Waals surface area contributed by atoms with Gasteiger partial charge in [-0.15, -0.1) is 12.4 Å². The van der Waals surface area contributed by atoms with E-state index in [4.69, 9.17) is 4.98 Å². The number of aromatic nitrogens is 1. The Labute approximate surface area is 204 Å². The molecule has 33 heavy (non-hydrogen) atoms. The Balaban J connectivity index is 0.00000385. The molecule has 0 fully saturated rings. The highest BCUT2D eigenvalue weighted by molar-refractivity contribution is 7.22. The van der Waals surface area contributed by atoms with E-state index < -0.39 is 4.92 Å². The van der Waals surface area contributed by atoms with Crippen molar-refractivity contribution in [1.82, 2.24) is 9.88 Å². The molecule has 2 aromatic carbocycles. The van der Waals surface area contributed by atoms with Crippen LogP contribution in [0.2, 0.25) is 0 Å². The van der Waals surface area contributed by atoms with Crippen LogP contribution >= 0.6 is 23.7 Å². The lowest BCUT2D eigenvalue weighted by Crippen LogP contribution is -2.38. The number of amides is 1. The maximum atomic E-state index is 13.2. The first-order chi connectivity index (χ1) is 15.3. The molecule has 3 rings (SSSR count). The number of nitro benzene ring substituents is 1. The summed E-state index contributed by atoms with van der Waals surface area (Å²) >= 11 is 1.50. The van der Waals surface area contributed by atoms with Crippen LogP contribution in [0.5, 0.6) is 0 Å². The number of halogens is 1. The normalized spacial score (nSPS) is 11.2. The Morgan fingerprint density at radius 1 is 1.15 bits per heavy atom. The topological polar surface area (TPSA) is 79.6 Å². The van der Waals surface area contributed by atoms with E-state index in [1.165, 1.54) is 35.1 Å². The first-order valence-electron chi connectivity index (χ1n) is 10.7. The summed E-state index contributed by atoms with van der Waals surface area (Å²) < 4.78 is 1.05. The molecule has 3 aromatic rings. The molecule has 0 bridgehead atoms. The predicted molar refractivity (Wildman–Crippen MR) is 139 cm³/mol. The van der Waals surface area contributed by atoms with E-state index in [1.54, 1.807) is 23.1 Å². The van der Waals surface area contributed by atoms with Crippen molar-refractivity contribution in [1.29, 1.82) is 0 Å². The number of thiazole rings is 1. The van der Waals surface area contributed by atoms with Crippen LogP contribution in [0.3, 0.4) is 0 Å². The minimum Gasteiger partial charge on any atom is -0.302 e. The first kappa shape index (κ1) is 26.4. The zero-order valence-electron chi connectivity index (χ0n) is 19.3. The second-order valence-electron chi connectivity index (χ2n) is 7.55. The first-order valence-corrected chi connectivity index (χ1v) is 11.5. The fourth-order valence-corrected chi connectivity index (χ4v) is 4.47. The highest BCUT2D eigenvalue weighted by atomic mass is 35.5. The van der Waals surface area contributed by atoms with Crippen molar-refractivity contribution in [2.75, 3.05) is 31.1 Å². The summed E-state index contributed by atoms with van der Waals surface area (Å²) in [6.45, 7) is 11.4. The van der Waals surface area contributed by atoms with Gasteiger partial charge in [0, 0.05) is 31.3 Å². The van der Waals surface area contributed by atoms with Gasteiger partial charge in [0.1, 0.15) is 0 Å².